The van der Waals surface area contributed by atoms with Gasteiger partial charge in [-0.15, -0.1) is 11.8 Å². The molecule has 0 aliphatic carbocycles. The molecule has 2 aliphatic heterocycles. The molecule has 4 nitrogen and oxygen atoms in total. The second kappa shape index (κ2) is 2.27. The van der Waals surface area contributed by atoms with Crippen LogP contribution in [0.5, 0.6) is 0 Å². The smallest absolute Gasteiger partial charge is 0.264 e. The van der Waals surface area contributed by atoms with E-state index in [2.05, 4.69) is 22.4 Å². The SMILES string of the molecule is C=C1NNC(=O)C2N=CSC12. The van der Waals surface area contributed by atoms with Gasteiger partial charge in [-0.05, 0) is 0 Å². The van der Waals surface area contributed by atoms with Gasteiger partial charge in [0.1, 0.15) is 6.04 Å². The van der Waals surface area contributed by atoms with Crippen LogP contribution in [0.3, 0.4) is 0 Å². The number of nitrogens with one attached hydrogen (secondary N) is 2. The highest BCUT2D eigenvalue weighted by atomic mass is 32.2. The molecular formula is C6H7N3OS. The summed E-state index contributed by atoms with van der Waals surface area (Å²) in [5, 5.41) is 0.0868. The lowest BCUT2D eigenvalue weighted by Gasteiger charge is -2.26. The summed E-state index contributed by atoms with van der Waals surface area (Å²) in [4.78, 5) is 15.1. The summed E-state index contributed by atoms with van der Waals surface area (Å²) in [6.07, 6.45) is 0. The third kappa shape index (κ3) is 0.920. The third-order valence-electron chi connectivity index (χ3n) is 1.67. The number of fused-ring (bicyclic) bond motifs is 1. The van der Waals surface area contributed by atoms with E-state index in [1.807, 2.05) is 0 Å². The number of rotatable bonds is 0. The molecule has 58 valence electrons. The molecule has 0 radical (unpaired) electrons. The molecule has 2 aliphatic rings. The van der Waals surface area contributed by atoms with Crippen LogP contribution >= 0.6 is 11.8 Å². The molecule has 2 atom stereocenters. The van der Waals surface area contributed by atoms with E-state index in [0.717, 1.165) is 5.70 Å². The average Bonchev–Trinajstić information content (AvgIpc) is 2.45. The molecule has 5 heteroatoms. The van der Waals surface area contributed by atoms with Crippen molar-refractivity contribution in [2.24, 2.45) is 4.99 Å². The van der Waals surface area contributed by atoms with Crippen molar-refractivity contribution < 1.29 is 4.79 Å². The fourth-order valence-electron chi connectivity index (χ4n) is 1.08. The van der Waals surface area contributed by atoms with Gasteiger partial charge in [-0.1, -0.05) is 6.58 Å². The molecule has 0 aromatic carbocycles. The monoisotopic (exact) mass is 169 g/mol. The van der Waals surface area contributed by atoms with Gasteiger partial charge in [0.25, 0.3) is 5.91 Å². The van der Waals surface area contributed by atoms with E-state index in [0.29, 0.717) is 0 Å². The predicted octanol–water partition coefficient (Wildman–Crippen LogP) is -0.353. The topological polar surface area (TPSA) is 53.5 Å². The van der Waals surface area contributed by atoms with Gasteiger partial charge in [-0.2, -0.15) is 0 Å². The van der Waals surface area contributed by atoms with Crippen LogP contribution in [0.2, 0.25) is 0 Å². The predicted molar refractivity (Wildman–Crippen MR) is 44.1 cm³/mol. The Hall–Kier alpha value is -0.970. The van der Waals surface area contributed by atoms with Crippen LogP contribution in [0.1, 0.15) is 0 Å². The number of carbonyl (C=O) groups is 1. The fraction of sp³-hybridized carbons (Fsp3) is 0.333. The Balaban J connectivity index is 2.25. The van der Waals surface area contributed by atoms with Crippen LogP contribution < -0.4 is 10.9 Å². The number of nitrogens with zero attached hydrogens (tertiary/aromatic N) is 1. The van der Waals surface area contributed by atoms with Crippen molar-refractivity contribution in [1.82, 2.24) is 10.9 Å². The molecule has 1 amide bonds. The fourth-order valence-corrected chi connectivity index (χ4v) is 1.98. The molecule has 1 saturated heterocycles. The van der Waals surface area contributed by atoms with E-state index in [-0.39, 0.29) is 17.2 Å². The molecule has 11 heavy (non-hydrogen) atoms. The lowest BCUT2D eigenvalue weighted by Crippen LogP contribution is -2.53. The summed E-state index contributed by atoms with van der Waals surface area (Å²) in [6, 6.07) is -0.270. The van der Waals surface area contributed by atoms with Crippen LogP contribution in [-0.2, 0) is 4.79 Å². The molecule has 0 spiro atoms. The van der Waals surface area contributed by atoms with Gasteiger partial charge in [0, 0.05) is 5.70 Å². The lowest BCUT2D eigenvalue weighted by molar-refractivity contribution is -0.123. The van der Waals surface area contributed by atoms with Gasteiger partial charge >= 0.3 is 0 Å². The Morgan fingerprint density at radius 1 is 1.64 bits per heavy atom. The Morgan fingerprint density at radius 2 is 2.45 bits per heavy atom. The first-order valence-electron chi connectivity index (χ1n) is 3.21. The quantitative estimate of drug-likeness (QED) is 0.521. The minimum atomic E-state index is -0.270. The normalized spacial score (nSPS) is 34.5. The largest absolute Gasteiger partial charge is 0.302 e. The molecule has 0 bridgehead atoms. The van der Waals surface area contributed by atoms with Gasteiger partial charge in [0.05, 0.1) is 10.8 Å². The molecule has 2 heterocycles. The molecular weight excluding hydrogens is 162 g/mol. The summed E-state index contributed by atoms with van der Waals surface area (Å²) < 4.78 is 0. The first-order chi connectivity index (χ1) is 5.29. The van der Waals surface area contributed by atoms with Crippen molar-refractivity contribution in [3.05, 3.63) is 12.3 Å². The second-order valence-corrected chi connectivity index (χ2v) is 3.39. The first-order valence-corrected chi connectivity index (χ1v) is 4.15. The average molecular weight is 169 g/mol. The number of hydrogen-bond donors (Lipinski definition) is 2. The van der Waals surface area contributed by atoms with Crippen LogP contribution in [0.15, 0.2) is 17.3 Å². The maximum Gasteiger partial charge on any atom is 0.264 e. The zero-order valence-corrected chi connectivity index (χ0v) is 6.52. The van der Waals surface area contributed by atoms with Crippen molar-refractivity contribution >= 4 is 23.2 Å². The highest BCUT2D eigenvalue weighted by molar-refractivity contribution is 8.13. The Kier molecular flexibility index (Phi) is 1.38. The van der Waals surface area contributed by atoms with Gasteiger partial charge < -0.3 is 5.43 Å². The van der Waals surface area contributed by atoms with Crippen LogP contribution in [-0.4, -0.2) is 22.7 Å². The Labute approximate surface area is 68.1 Å². The van der Waals surface area contributed by atoms with Crippen molar-refractivity contribution in [2.75, 3.05) is 0 Å². The van der Waals surface area contributed by atoms with Crippen molar-refractivity contribution in [3.63, 3.8) is 0 Å². The zero-order valence-electron chi connectivity index (χ0n) is 5.70. The van der Waals surface area contributed by atoms with E-state index in [1.54, 1.807) is 5.55 Å². The van der Waals surface area contributed by atoms with Gasteiger partial charge in [0.15, 0.2) is 0 Å². The molecule has 0 aromatic rings. The van der Waals surface area contributed by atoms with Gasteiger partial charge in [-0.25, -0.2) is 0 Å². The Bertz CT molecular complexity index is 250. The van der Waals surface area contributed by atoms with Crippen LogP contribution in [0, 0.1) is 0 Å². The van der Waals surface area contributed by atoms with Crippen molar-refractivity contribution in [1.29, 1.82) is 0 Å². The maximum absolute atomic E-state index is 11.1. The number of amides is 1. The number of hydrazine groups is 1. The number of hydrogen-bond acceptors (Lipinski definition) is 4. The summed E-state index contributed by atoms with van der Waals surface area (Å²) in [5.41, 5.74) is 7.71. The van der Waals surface area contributed by atoms with Crippen LogP contribution in [0.4, 0.5) is 0 Å². The number of carbonyl (C=O) groups excluding carboxylic acids is 1. The summed E-state index contributed by atoms with van der Waals surface area (Å²) in [7, 11) is 0. The van der Waals surface area contributed by atoms with Crippen molar-refractivity contribution in [3.8, 4) is 0 Å². The standard InChI is InChI=1S/C6H7N3OS/c1-3-5-4(7-2-11-5)6(10)9-8-3/h2,4-5,8H,1H2,(H,9,10). The minimum Gasteiger partial charge on any atom is -0.302 e. The van der Waals surface area contributed by atoms with E-state index < -0.39 is 0 Å². The van der Waals surface area contributed by atoms with E-state index in [9.17, 15) is 4.79 Å². The molecule has 1 fully saturated rings. The summed E-state index contributed by atoms with van der Waals surface area (Å²) >= 11 is 1.52. The molecule has 2 N–H and O–H groups in total. The van der Waals surface area contributed by atoms with Gasteiger partial charge in [-0.3, -0.25) is 15.2 Å². The number of aliphatic imine (C=N–C) groups is 1. The Morgan fingerprint density at radius 3 is 3.18 bits per heavy atom. The first kappa shape index (κ1) is 6.72. The van der Waals surface area contributed by atoms with Crippen molar-refractivity contribution in [2.45, 2.75) is 11.3 Å². The maximum atomic E-state index is 11.1. The van der Waals surface area contributed by atoms with Gasteiger partial charge in [0.2, 0.25) is 0 Å². The third-order valence-corrected chi connectivity index (χ3v) is 2.75. The van der Waals surface area contributed by atoms with E-state index in [4.69, 9.17) is 0 Å². The summed E-state index contributed by atoms with van der Waals surface area (Å²) in [5.74, 6) is -0.0800. The highest BCUT2D eigenvalue weighted by Crippen LogP contribution is 2.27. The van der Waals surface area contributed by atoms with E-state index >= 15 is 0 Å². The van der Waals surface area contributed by atoms with E-state index in [1.165, 1.54) is 11.8 Å². The summed E-state index contributed by atoms with van der Waals surface area (Å²) in [6.45, 7) is 3.76. The molecule has 0 saturated carbocycles. The minimum absolute atomic E-state index is 0.0800. The highest BCUT2D eigenvalue weighted by Gasteiger charge is 2.37. The second-order valence-electron chi connectivity index (χ2n) is 2.40. The lowest BCUT2D eigenvalue weighted by atomic mass is 10.1. The van der Waals surface area contributed by atoms with Crippen LogP contribution in [0.25, 0.3) is 0 Å². The molecule has 2 rings (SSSR count). The molecule has 2 unspecified atom stereocenters. The number of thioether (sulfide) groups is 1. The molecule has 0 aromatic heterocycles. The zero-order chi connectivity index (χ0) is 7.84.